The third-order valence-electron chi connectivity index (χ3n) is 8.88. The van der Waals surface area contributed by atoms with Crippen LogP contribution in [0.1, 0.15) is 94.6 Å². The molecule has 0 nitrogen and oxygen atoms in total. The van der Waals surface area contributed by atoms with Gasteiger partial charge in [-0.05, 0) is 92.2 Å². The van der Waals surface area contributed by atoms with Gasteiger partial charge >= 0.3 is 0 Å². The summed E-state index contributed by atoms with van der Waals surface area (Å²) in [6.45, 7) is 2.02. The summed E-state index contributed by atoms with van der Waals surface area (Å²) in [5.41, 5.74) is 5.46. The van der Waals surface area contributed by atoms with E-state index in [9.17, 15) is 4.39 Å². The molecule has 0 aromatic heterocycles. The monoisotopic (exact) mass is 448 g/mol. The van der Waals surface area contributed by atoms with Gasteiger partial charge in [0, 0.05) is 0 Å². The van der Waals surface area contributed by atoms with Crippen LogP contribution >= 0.6 is 0 Å². The minimum Gasteiger partial charge on any atom is -0.251 e. The van der Waals surface area contributed by atoms with Gasteiger partial charge < -0.3 is 0 Å². The molecule has 2 aromatic carbocycles. The first-order chi connectivity index (χ1) is 16.2. The second kappa shape index (κ2) is 12.7. The molecule has 2 saturated carbocycles. The minimum absolute atomic E-state index is 0.129. The van der Waals surface area contributed by atoms with E-state index in [1.54, 1.807) is 0 Å². The Bertz CT molecular complexity index is 789. The lowest BCUT2D eigenvalue weighted by atomic mass is 9.68. The summed E-state index contributed by atoms with van der Waals surface area (Å²) in [4.78, 5) is 0. The summed E-state index contributed by atoms with van der Waals surface area (Å²) >= 11 is 0. The maximum Gasteiger partial charge on any atom is 0.0894 e. The molecule has 2 fully saturated rings. The maximum absolute atomic E-state index is 12.3. The van der Waals surface area contributed by atoms with E-state index in [0.29, 0.717) is 0 Å². The van der Waals surface area contributed by atoms with Gasteiger partial charge in [-0.25, -0.2) is 0 Å². The highest BCUT2D eigenvalue weighted by Crippen LogP contribution is 2.43. The van der Waals surface area contributed by atoms with Crippen LogP contribution in [0.3, 0.4) is 0 Å². The van der Waals surface area contributed by atoms with Crippen molar-refractivity contribution in [3.8, 4) is 11.1 Å². The molecule has 33 heavy (non-hydrogen) atoms. The Kier molecular flexibility index (Phi) is 9.45. The number of aryl methyl sites for hydroxylation is 2. The standard InChI is InChI=1S/C32H45F/c1-25-6-16-29(17-7-25)30-20-12-27(13-21-30)8-9-28-14-22-32(23-15-28)31-18-10-26(11-19-31)5-3-2-4-24-33/h6-7,12-13,16-17,20-21,26,28,31-32H,2-5,8-11,14-15,18-19,22-24H2,1H3/t26-,28-,31-,32-. The molecule has 2 aliphatic carbocycles. The summed E-state index contributed by atoms with van der Waals surface area (Å²) in [7, 11) is 0. The van der Waals surface area contributed by atoms with Gasteiger partial charge in [-0.3, -0.25) is 4.39 Å². The van der Waals surface area contributed by atoms with Crippen LogP contribution in [0.2, 0.25) is 0 Å². The maximum atomic E-state index is 12.3. The molecule has 0 aliphatic heterocycles. The fraction of sp³-hybridized carbons (Fsp3) is 0.625. The number of rotatable bonds is 10. The van der Waals surface area contributed by atoms with Crippen LogP contribution < -0.4 is 0 Å². The molecule has 2 aromatic rings. The van der Waals surface area contributed by atoms with Crippen molar-refractivity contribution in [1.82, 2.24) is 0 Å². The van der Waals surface area contributed by atoms with E-state index in [4.69, 9.17) is 0 Å². The smallest absolute Gasteiger partial charge is 0.0894 e. The number of benzene rings is 2. The lowest BCUT2D eigenvalue weighted by molar-refractivity contribution is 0.140. The lowest BCUT2D eigenvalue weighted by Crippen LogP contribution is -2.26. The minimum atomic E-state index is -0.129. The molecule has 2 aliphatic rings. The Morgan fingerprint density at radius 2 is 1.12 bits per heavy atom. The summed E-state index contributed by atoms with van der Waals surface area (Å²) in [6.07, 6.45) is 18.7. The molecule has 1 heteroatoms. The molecule has 0 saturated heterocycles. The molecule has 4 rings (SSSR count). The third kappa shape index (κ3) is 7.43. The molecule has 0 unspecified atom stereocenters. The number of alkyl halides is 1. The number of hydrogen-bond acceptors (Lipinski definition) is 0. The molecule has 0 spiro atoms. The Morgan fingerprint density at radius 1 is 0.606 bits per heavy atom. The zero-order chi connectivity index (χ0) is 22.9. The molecule has 0 radical (unpaired) electrons. The van der Waals surface area contributed by atoms with Crippen molar-refractivity contribution >= 4 is 0 Å². The SMILES string of the molecule is Cc1ccc(-c2ccc(CC[C@H]3CC[C@H]([C@H]4CC[C@H](CCCCCF)CC4)CC3)cc2)cc1. The van der Waals surface area contributed by atoms with Gasteiger partial charge in [-0.2, -0.15) is 0 Å². The second-order valence-electron chi connectivity index (χ2n) is 11.2. The normalized spacial score (nSPS) is 25.8. The summed E-state index contributed by atoms with van der Waals surface area (Å²) in [6, 6.07) is 18.1. The van der Waals surface area contributed by atoms with E-state index in [1.807, 2.05) is 0 Å². The lowest BCUT2D eigenvalue weighted by Gasteiger charge is -2.38. The van der Waals surface area contributed by atoms with Crippen LogP contribution in [0.15, 0.2) is 48.5 Å². The van der Waals surface area contributed by atoms with E-state index >= 15 is 0 Å². The Hall–Kier alpha value is -1.63. The summed E-state index contributed by atoms with van der Waals surface area (Å²) < 4.78 is 12.3. The molecule has 0 N–H and O–H groups in total. The van der Waals surface area contributed by atoms with Crippen molar-refractivity contribution in [3.63, 3.8) is 0 Å². The summed E-state index contributed by atoms with van der Waals surface area (Å²) in [5.74, 6) is 3.88. The molecule has 180 valence electrons. The van der Waals surface area contributed by atoms with Crippen molar-refractivity contribution in [1.29, 1.82) is 0 Å². The first-order valence-corrected chi connectivity index (χ1v) is 13.9. The first-order valence-electron chi connectivity index (χ1n) is 13.9. The average molecular weight is 449 g/mol. The predicted octanol–water partition coefficient (Wildman–Crippen LogP) is 9.74. The van der Waals surface area contributed by atoms with Crippen molar-refractivity contribution in [2.75, 3.05) is 6.67 Å². The van der Waals surface area contributed by atoms with Crippen molar-refractivity contribution in [2.45, 2.75) is 96.8 Å². The first kappa shape index (κ1) is 24.5. The molecule has 0 amide bonds. The molecule has 0 heterocycles. The van der Waals surface area contributed by atoms with Gasteiger partial charge in [0.2, 0.25) is 0 Å². The van der Waals surface area contributed by atoms with Gasteiger partial charge in [0.05, 0.1) is 6.67 Å². The van der Waals surface area contributed by atoms with E-state index in [0.717, 1.165) is 36.5 Å². The largest absolute Gasteiger partial charge is 0.251 e. The van der Waals surface area contributed by atoms with Crippen LogP contribution in [-0.2, 0) is 6.42 Å². The highest BCUT2D eigenvalue weighted by molar-refractivity contribution is 5.63. The second-order valence-corrected chi connectivity index (χ2v) is 11.2. The van der Waals surface area contributed by atoms with Crippen molar-refractivity contribution < 1.29 is 4.39 Å². The Labute approximate surface area is 202 Å². The van der Waals surface area contributed by atoms with Crippen LogP contribution in [0.5, 0.6) is 0 Å². The van der Waals surface area contributed by atoms with E-state index in [-0.39, 0.29) is 6.67 Å². The van der Waals surface area contributed by atoms with Gasteiger partial charge in [0.15, 0.2) is 0 Å². The van der Waals surface area contributed by atoms with Gasteiger partial charge in [0.25, 0.3) is 0 Å². The molecule has 0 bridgehead atoms. The summed E-state index contributed by atoms with van der Waals surface area (Å²) in [5, 5.41) is 0. The predicted molar refractivity (Wildman–Crippen MR) is 140 cm³/mol. The van der Waals surface area contributed by atoms with E-state index < -0.39 is 0 Å². The fourth-order valence-corrected chi connectivity index (χ4v) is 6.58. The molecular weight excluding hydrogens is 403 g/mol. The van der Waals surface area contributed by atoms with Crippen LogP contribution in [0, 0.1) is 30.6 Å². The highest BCUT2D eigenvalue weighted by atomic mass is 19.1. The van der Waals surface area contributed by atoms with Gasteiger partial charge in [-0.15, -0.1) is 0 Å². The quantitative estimate of drug-likeness (QED) is 0.317. The van der Waals surface area contributed by atoms with Crippen LogP contribution in [-0.4, -0.2) is 6.67 Å². The topological polar surface area (TPSA) is 0 Å². The third-order valence-corrected chi connectivity index (χ3v) is 8.88. The van der Waals surface area contributed by atoms with Crippen LogP contribution in [0.25, 0.3) is 11.1 Å². The van der Waals surface area contributed by atoms with E-state index in [1.165, 1.54) is 99.3 Å². The van der Waals surface area contributed by atoms with E-state index in [2.05, 4.69) is 55.5 Å². The molecular formula is C32H45F. The fourth-order valence-electron chi connectivity index (χ4n) is 6.58. The number of unbranched alkanes of at least 4 members (excludes halogenated alkanes) is 2. The molecule has 0 atom stereocenters. The Balaban J connectivity index is 1.13. The van der Waals surface area contributed by atoms with Gasteiger partial charge in [-0.1, -0.05) is 99.0 Å². The zero-order valence-corrected chi connectivity index (χ0v) is 20.9. The van der Waals surface area contributed by atoms with Crippen LogP contribution in [0.4, 0.5) is 4.39 Å². The van der Waals surface area contributed by atoms with Crippen molar-refractivity contribution in [2.24, 2.45) is 23.7 Å². The highest BCUT2D eigenvalue weighted by Gasteiger charge is 2.30. The van der Waals surface area contributed by atoms with Gasteiger partial charge in [0.1, 0.15) is 0 Å². The number of halogens is 1. The Morgan fingerprint density at radius 3 is 1.67 bits per heavy atom. The number of hydrogen-bond donors (Lipinski definition) is 0. The van der Waals surface area contributed by atoms with Crippen molar-refractivity contribution in [3.05, 3.63) is 59.7 Å². The average Bonchev–Trinajstić information content (AvgIpc) is 2.87. The zero-order valence-electron chi connectivity index (χ0n) is 20.9.